The first-order valence-corrected chi connectivity index (χ1v) is 10.2. The minimum absolute atomic E-state index is 0.0274. The maximum Gasteiger partial charge on any atom is 0.233 e. The van der Waals surface area contributed by atoms with E-state index in [1.54, 1.807) is 11.8 Å². The maximum absolute atomic E-state index is 12.4. The van der Waals surface area contributed by atoms with Crippen LogP contribution in [0.3, 0.4) is 0 Å². The van der Waals surface area contributed by atoms with Crippen molar-refractivity contribution in [3.63, 3.8) is 0 Å². The quantitative estimate of drug-likeness (QED) is 0.398. The number of ether oxygens (including phenoxy) is 1. The van der Waals surface area contributed by atoms with Gasteiger partial charge < -0.3 is 10.1 Å². The fourth-order valence-electron chi connectivity index (χ4n) is 2.71. The van der Waals surface area contributed by atoms with E-state index in [1.165, 1.54) is 5.39 Å². The summed E-state index contributed by atoms with van der Waals surface area (Å²) in [6, 6.07) is 21.7. The van der Waals surface area contributed by atoms with E-state index in [9.17, 15) is 4.79 Å². The number of fused-ring (bicyclic) bond motifs is 1. The molecule has 5 heteroatoms. The molecule has 140 valence electrons. The first-order valence-electron chi connectivity index (χ1n) is 8.97. The Labute approximate surface area is 169 Å². The predicted octanol–water partition coefficient (Wildman–Crippen LogP) is 5.56. The number of thioether (sulfide) groups is 1. The second-order valence-corrected chi connectivity index (χ2v) is 7.83. The van der Waals surface area contributed by atoms with Gasteiger partial charge in [0.1, 0.15) is 12.4 Å². The number of amides is 1. The third-order valence-electron chi connectivity index (χ3n) is 4.15. The van der Waals surface area contributed by atoms with Gasteiger partial charge in [-0.1, -0.05) is 48.9 Å². The van der Waals surface area contributed by atoms with Crippen LogP contribution in [0.4, 0.5) is 0 Å². The molecule has 0 spiro atoms. The van der Waals surface area contributed by atoms with Crippen molar-refractivity contribution >= 4 is 40.0 Å². The molecule has 3 nitrogen and oxygen atoms in total. The summed E-state index contributed by atoms with van der Waals surface area (Å²) >= 11 is 7.46. The lowest BCUT2D eigenvalue weighted by Crippen LogP contribution is -2.35. The van der Waals surface area contributed by atoms with Gasteiger partial charge in [0.2, 0.25) is 5.91 Å². The molecule has 0 aliphatic rings. The fourth-order valence-corrected chi connectivity index (χ4v) is 3.82. The van der Waals surface area contributed by atoms with Crippen molar-refractivity contribution in [2.45, 2.75) is 23.5 Å². The van der Waals surface area contributed by atoms with Gasteiger partial charge in [-0.3, -0.25) is 4.79 Å². The number of benzene rings is 3. The average molecular weight is 400 g/mol. The van der Waals surface area contributed by atoms with E-state index in [0.29, 0.717) is 18.2 Å². The molecular formula is C22H22ClNO2S. The number of carbonyl (C=O) groups is 1. The number of hydrogen-bond donors (Lipinski definition) is 1. The summed E-state index contributed by atoms with van der Waals surface area (Å²) in [5, 5.41) is 5.85. The Morgan fingerprint density at radius 3 is 2.56 bits per heavy atom. The predicted molar refractivity (Wildman–Crippen MR) is 114 cm³/mol. The van der Waals surface area contributed by atoms with Gasteiger partial charge in [-0.2, -0.15) is 0 Å². The van der Waals surface area contributed by atoms with Crippen LogP contribution in [0.25, 0.3) is 10.8 Å². The largest absolute Gasteiger partial charge is 0.492 e. The molecule has 0 aliphatic heterocycles. The Balaban J connectivity index is 1.46. The van der Waals surface area contributed by atoms with Gasteiger partial charge in [0.15, 0.2) is 0 Å². The number of carbonyl (C=O) groups excluding carboxylic acids is 1. The standard InChI is InChI=1S/C22H22ClNO2S/c1-2-21(27-20-11-8-18(23)9-12-20)22(25)24-13-14-26-19-10-7-16-5-3-4-6-17(16)15-19/h3-12,15,21H,2,13-14H2,1H3,(H,24,25)/t21-/m1/s1. The SMILES string of the molecule is CC[C@@H](Sc1ccc(Cl)cc1)C(=O)NCCOc1ccc2ccccc2c1. The van der Waals surface area contributed by atoms with Crippen LogP contribution in [0.2, 0.25) is 5.02 Å². The number of hydrogen-bond acceptors (Lipinski definition) is 3. The molecule has 0 heterocycles. The Kier molecular flexibility index (Phi) is 7.02. The van der Waals surface area contributed by atoms with E-state index in [1.807, 2.05) is 61.5 Å². The van der Waals surface area contributed by atoms with Gasteiger partial charge in [-0.05, 0) is 53.6 Å². The minimum Gasteiger partial charge on any atom is -0.492 e. The van der Waals surface area contributed by atoms with Crippen LogP contribution in [0, 0.1) is 0 Å². The molecule has 0 radical (unpaired) electrons. The monoisotopic (exact) mass is 399 g/mol. The zero-order valence-electron chi connectivity index (χ0n) is 15.2. The molecule has 3 aromatic carbocycles. The third kappa shape index (κ3) is 5.65. The second kappa shape index (κ2) is 9.67. The van der Waals surface area contributed by atoms with Crippen LogP contribution in [0.5, 0.6) is 5.75 Å². The maximum atomic E-state index is 12.4. The zero-order chi connectivity index (χ0) is 19.1. The van der Waals surface area contributed by atoms with Crippen LogP contribution in [-0.4, -0.2) is 24.3 Å². The molecule has 0 aliphatic carbocycles. The van der Waals surface area contributed by atoms with Crippen molar-refractivity contribution in [3.05, 3.63) is 71.8 Å². The summed E-state index contributed by atoms with van der Waals surface area (Å²) in [5.41, 5.74) is 0. The molecule has 0 bridgehead atoms. The highest BCUT2D eigenvalue weighted by Crippen LogP contribution is 2.26. The average Bonchev–Trinajstić information content (AvgIpc) is 2.70. The molecule has 0 fully saturated rings. The van der Waals surface area contributed by atoms with Crippen LogP contribution < -0.4 is 10.1 Å². The number of halogens is 1. The molecular weight excluding hydrogens is 378 g/mol. The van der Waals surface area contributed by atoms with E-state index in [0.717, 1.165) is 22.5 Å². The van der Waals surface area contributed by atoms with Gasteiger partial charge in [0.05, 0.1) is 11.8 Å². The van der Waals surface area contributed by atoms with Crippen molar-refractivity contribution in [2.75, 3.05) is 13.2 Å². The van der Waals surface area contributed by atoms with Crippen molar-refractivity contribution in [1.82, 2.24) is 5.32 Å². The molecule has 3 rings (SSSR count). The summed E-state index contributed by atoms with van der Waals surface area (Å²) in [4.78, 5) is 13.5. The molecule has 0 aromatic heterocycles. The highest BCUT2D eigenvalue weighted by Gasteiger charge is 2.17. The van der Waals surface area contributed by atoms with E-state index < -0.39 is 0 Å². The van der Waals surface area contributed by atoms with Crippen molar-refractivity contribution in [3.8, 4) is 5.75 Å². The van der Waals surface area contributed by atoms with Gasteiger partial charge in [-0.25, -0.2) is 0 Å². The molecule has 0 saturated carbocycles. The smallest absolute Gasteiger partial charge is 0.233 e. The molecule has 1 atom stereocenters. The second-order valence-electron chi connectivity index (χ2n) is 6.12. The van der Waals surface area contributed by atoms with Crippen molar-refractivity contribution < 1.29 is 9.53 Å². The van der Waals surface area contributed by atoms with Crippen molar-refractivity contribution in [2.24, 2.45) is 0 Å². The summed E-state index contributed by atoms with van der Waals surface area (Å²) in [6.07, 6.45) is 0.755. The zero-order valence-corrected chi connectivity index (χ0v) is 16.7. The Morgan fingerprint density at radius 1 is 1.07 bits per heavy atom. The molecule has 0 unspecified atom stereocenters. The molecule has 1 amide bonds. The lowest BCUT2D eigenvalue weighted by molar-refractivity contribution is -0.120. The lowest BCUT2D eigenvalue weighted by Gasteiger charge is -2.15. The topological polar surface area (TPSA) is 38.3 Å². The van der Waals surface area contributed by atoms with Gasteiger partial charge in [0, 0.05) is 9.92 Å². The number of rotatable bonds is 8. The third-order valence-corrected chi connectivity index (χ3v) is 5.77. The Bertz CT molecular complexity index is 898. The molecule has 0 saturated heterocycles. The van der Waals surface area contributed by atoms with Crippen LogP contribution in [0.15, 0.2) is 71.6 Å². The molecule has 3 aromatic rings. The first kappa shape index (κ1) is 19.6. The van der Waals surface area contributed by atoms with E-state index in [-0.39, 0.29) is 11.2 Å². The van der Waals surface area contributed by atoms with E-state index in [4.69, 9.17) is 16.3 Å². The Morgan fingerprint density at radius 2 is 1.81 bits per heavy atom. The number of nitrogens with one attached hydrogen (secondary N) is 1. The normalized spacial score (nSPS) is 11.9. The summed E-state index contributed by atoms with van der Waals surface area (Å²) < 4.78 is 5.77. The summed E-state index contributed by atoms with van der Waals surface area (Å²) in [7, 11) is 0. The first-order chi connectivity index (χ1) is 13.2. The summed E-state index contributed by atoms with van der Waals surface area (Å²) in [6.45, 7) is 2.92. The molecule has 27 heavy (non-hydrogen) atoms. The lowest BCUT2D eigenvalue weighted by atomic mass is 10.1. The van der Waals surface area contributed by atoms with Gasteiger partial charge in [0.25, 0.3) is 0 Å². The fraction of sp³-hybridized carbons (Fsp3) is 0.227. The summed E-state index contributed by atoms with van der Waals surface area (Å²) in [5.74, 6) is 0.838. The van der Waals surface area contributed by atoms with Crippen molar-refractivity contribution in [1.29, 1.82) is 0 Å². The van der Waals surface area contributed by atoms with Gasteiger partial charge in [-0.15, -0.1) is 11.8 Å². The highest BCUT2D eigenvalue weighted by atomic mass is 35.5. The molecule has 1 N–H and O–H groups in total. The Hall–Kier alpha value is -2.17. The van der Waals surface area contributed by atoms with Crippen LogP contribution >= 0.6 is 23.4 Å². The van der Waals surface area contributed by atoms with Gasteiger partial charge >= 0.3 is 0 Å². The van der Waals surface area contributed by atoms with Crippen LogP contribution in [-0.2, 0) is 4.79 Å². The van der Waals surface area contributed by atoms with E-state index in [2.05, 4.69) is 17.4 Å². The van der Waals surface area contributed by atoms with E-state index >= 15 is 0 Å². The van der Waals surface area contributed by atoms with Crippen LogP contribution in [0.1, 0.15) is 13.3 Å². The minimum atomic E-state index is -0.133. The highest BCUT2D eigenvalue weighted by molar-refractivity contribution is 8.00.